The Balaban J connectivity index is 1.65. The number of carbonyl (C=O) groups is 1. The molecule has 0 aliphatic carbocycles. The molecule has 4 heterocycles. The summed E-state index contributed by atoms with van der Waals surface area (Å²) in [4.78, 5) is 12.3. The molecule has 0 radical (unpaired) electrons. The molecule has 1 aliphatic heterocycles. The van der Waals surface area contributed by atoms with Crippen molar-refractivity contribution in [2.24, 2.45) is 7.05 Å². The zero-order chi connectivity index (χ0) is 18.4. The summed E-state index contributed by atoms with van der Waals surface area (Å²) in [5.41, 5.74) is 3.65. The minimum atomic E-state index is -0.200. The number of anilines is 1. The molecule has 1 aromatic carbocycles. The van der Waals surface area contributed by atoms with E-state index < -0.39 is 0 Å². The summed E-state index contributed by atoms with van der Waals surface area (Å²) in [5.74, 6) is 1.90. The summed E-state index contributed by atoms with van der Waals surface area (Å²) >= 11 is 0. The average molecular weight is 359 g/mol. The normalized spacial score (nSPS) is 16.2. The van der Waals surface area contributed by atoms with Gasteiger partial charge in [0.1, 0.15) is 17.3 Å². The van der Waals surface area contributed by atoms with Crippen molar-refractivity contribution >= 4 is 11.7 Å². The van der Waals surface area contributed by atoms with Gasteiger partial charge in [0.25, 0.3) is 0 Å². The molecule has 4 aromatic rings. The van der Waals surface area contributed by atoms with E-state index in [1.165, 1.54) is 0 Å². The van der Waals surface area contributed by atoms with Gasteiger partial charge in [0.15, 0.2) is 5.76 Å². The molecular weight excluding hydrogens is 342 g/mol. The quantitative estimate of drug-likeness (QED) is 0.585. The van der Waals surface area contributed by atoms with Crippen LogP contribution in [0.5, 0.6) is 0 Å². The van der Waals surface area contributed by atoms with Crippen molar-refractivity contribution in [2.75, 3.05) is 5.32 Å². The maximum atomic E-state index is 12.3. The Labute approximate surface area is 155 Å². The van der Waals surface area contributed by atoms with Crippen molar-refractivity contribution < 1.29 is 9.21 Å². The van der Waals surface area contributed by atoms with Gasteiger partial charge in [-0.3, -0.25) is 14.6 Å². The van der Waals surface area contributed by atoms with Crippen LogP contribution >= 0.6 is 0 Å². The summed E-state index contributed by atoms with van der Waals surface area (Å²) in [6, 6.07) is 15.6. The topological polar surface area (TPSA) is 88.7 Å². The summed E-state index contributed by atoms with van der Waals surface area (Å²) < 4.78 is 7.81. The first kappa shape index (κ1) is 15.6. The molecule has 5 rings (SSSR count). The molecule has 1 aliphatic rings. The summed E-state index contributed by atoms with van der Waals surface area (Å²) in [6.07, 6.45) is 1.99. The van der Waals surface area contributed by atoms with Crippen LogP contribution in [0.2, 0.25) is 0 Å². The van der Waals surface area contributed by atoms with Gasteiger partial charge in [-0.2, -0.15) is 10.2 Å². The maximum absolute atomic E-state index is 12.3. The molecule has 134 valence electrons. The highest BCUT2D eigenvalue weighted by atomic mass is 16.3. The number of carbonyl (C=O) groups excluding carboxylic acids is 1. The van der Waals surface area contributed by atoms with Crippen LogP contribution in [0.25, 0.3) is 22.7 Å². The minimum Gasteiger partial charge on any atom is -0.459 e. The predicted molar refractivity (Wildman–Crippen MR) is 100 cm³/mol. The third kappa shape index (κ3) is 2.55. The van der Waals surface area contributed by atoms with Crippen LogP contribution in [-0.2, 0) is 11.8 Å². The van der Waals surface area contributed by atoms with Crippen molar-refractivity contribution in [1.29, 1.82) is 0 Å². The third-order valence-corrected chi connectivity index (χ3v) is 4.86. The van der Waals surface area contributed by atoms with Gasteiger partial charge in [0.05, 0.1) is 11.6 Å². The molecule has 3 aromatic heterocycles. The van der Waals surface area contributed by atoms with Crippen molar-refractivity contribution in [2.45, 2.75) is 12.3 Å². The fourth-order valence-corrected chi connectivity index (χ4v) is 3.62. The van der Waals surface area contributed by atoms with Crippen molar-refractivity contribution in [1.82, 2.24) is 20.0 Å². The van der Waals surface area contributed by atoms with Gasteiger partial charge in [0, 0.05) is 30.8 Å². The zero-order valence-corrected chi connectivity index (χ0v) is 14.6. The van der Waals surface area contributed by atoms with Gasteiger partial charge < -0.3 is 9.73 Å². The second kappa shape index (κ2) is 5.98. The van der Waals surface area contributed by atoms with Gasteiger partial charge in [-0.15, -0.1) is 0 Å². The number of hydrogen-bond acceptors (Lipinski definition) is 4. The van der Waals surface area contributed by atoms with E-state index in [0.29, 0.717) is 12.2 Å². The molecule has 7 heteroatoms. The molecule has 0 saturated carbocycles. The van der Waals surface area contributed by atoms with Crippen LogP contribution in [0, 0.1) is 0 Å². The lowest BCUT2D eigenvalue weighted by molar-refractivity contribution is -0.116. The summed E-state index contributed by atoms with van der Waals surface area (Å²) in [6.45, 7) is 0. The van der Waals surface area contributed by atoms with Crippen LogP contribution in [0.1, 0.15) is 23.7 Å². The maximum Gasteiger partial charge on any atom is 0.226 e. The molecule has 0 fully saturated rings. The Morgan fingerprint density at radius 2 is 2.00 bits per heavy atom. The van der Waals surface area contributed by atoms with Gasteiger partial charge in [-0.05, 0) is 18.2 Å². The number of furan rings is 1. The lowest BCUT2D eigenvalue weighted by atomic mass is 9.88. The molecule has 1 amide bonds. The molecule has 27 heavy (non-hydrogen) atoms. The number of aromatic amines is 1. The third-order valence-electron chi connectivity index (χ3n) is 4.86. The second-order valence-electron chi connectivity index (χ2n) is 6.58. The molecule has 0 unspecified atom stereocenters. The summed E-state index contributed by atoms with van der Waals surface area (Å²) in [5, 5.41) is 14.5. The lowest BCUT2D eigenvalue weighted by Crippen LogP contribution is -2.24. The number of amides is 1. The first-order valence-corrected chi connectivity index (χ1v) is 8.72. The zero-order valence-electron chi connectivity index (χ0n) is 14.6. The van der Waals surface area contributed by atoms with E-state index >= 15 is 0 Å². The number of nitrogens with one attached hydrogen (secondary N) is 2. The van der Waals surface area contributed by atoms with E-state index in [0.717, 1.165) is 34.1 Å². The highest BCUT2D eigenvalue weighted by Crippen LogP contribution is 2.43. The number of hydrogen-bond donors (Lipinski definition) is 2. The molecule has 1 atom stereocenters. The van der Waals surface area contributed by atoms with Crippen LogP contribution in [0.15, 0.2) is 59.1 Å². The Kier molecular flexibility index (Phi) is 3.46. The number of aromatic nitrogens is 4. The SMILES string of the molecule is Cn1nc(-c2ccccc2)c2c1NC(=O)C[C@H]2c1ccc(-c2ccn[nH]2)o1. The van der Waals surface area contributed by atoms with Gasteiger partial charge in [0.2, 0.25) is 5.91 Å². The highest BCUT2D eigenvalue weighted by molar-refractivity contribution is 5.96. The number of benzene rings is 1. The van der Waals surface area contributed by atoms with E-state index in [1.807, 2.05) is 55.6 Å². The van der Waals surface area contributed by atoms with Gasteiger partial charge in [-0.1, -0.05) is 30.3 Å². The van der Waals surface area contributed by atoms with E-state index in [2.05, 4.69) is 20.6 Å². The monoisotopic (exact) mass is 359 g/mol. The Hall–Kier alpha value is -3.61. The molecule has 0 saturated heterocycles. The van der Waals surface area contributed by atoms with Crippen LogP contribution in [-0.4, -0.2) is 25.9 Å². The minimum absolute atomic E-state index is 0.0467. The fourth-order valence-electron chi connectivity index (χ4n) is 3.62. The van der Waals surface area contributed by atoms with Crippen LogP contribution in [0.3, 0.4) is 0 Å². The summed E-state index contributed by atoms with van der Waals surface area (Å²) in [7, 11) is 1.84. The fraction of sp³-hybridized carbons (Fsp3) is 0.150. The number of rotatable bonds is 3. The molecular formula is C20H17N5O2. The Morgan fingerprint density at radius 1 is 1.15 bits per heavy atom. The number of nitrogens with zero attached hydrogens (tertiary/aromatic N) is 3. The first-order valence-electron chi connectivity index (χ1n) is 8.72. The number of aryl methyl sites for hydroxylation is 1. The van der Waals surface area contributed by atoms with Crippen molar-refractivity contribution in [3.8, 4) is 22.7 Å². The molecule has 0 spiro atoms. The number of H-pyrrole nitrogens is 1. The Bertz CT molecular complexity index is 1110. The first-order chi connectivity index (χ1) is 13.2. The van der Waals surface area contributed by atoms with Crippen molar-refractivity contribution in [3.05, 3.63) is 66.1 Å². The lowest BCUT2D eigenvalue weighted by Gasteiger charge is -2.22. The van der Waals surface area contributed by atoms with E-state index in [4.69, 9.17) is 4.42 Å². The standard InChI is InChI=1S/C20H17N5O2/c1-25-20-18(19(24-25)12-5-3-2-4-6-12)13(11-17(26)22-20)15-7-8-16(27-15)14-9-10-21-23-14/h2-10,13H,11H2,1H3,(H,21,23)(H,22,26)/t13-/m0/s1. The molecule has 2 N–H and O–H groups in total. The predicted octanol–water partition coefficient (Wildman–Crippen LogP) is 3.54. The van der Waals surface area contributed by atoms with Crippen LogP contribution in [0.4, 0.5) is 5.82 Å². The van der Waals surface area contributed by atoms with Gasteiger partial charge in [-0.25, -0.2) is 0 Å². The average Bonchev–Trinajstić information content (AvgIpc) is 3.42. The largest absolute Gasteiger partial charge is 0.459 e. The van der Waals surface area contributed by atoms with Crippen molar-refractivity contribution in [3.63, 3.8) is 0 Å². The van der Waals surface area contributed by atoms with E-state index in [9.17, 15) is 4.79 Å². The Morgan fingerprint density at radius 3 is 2.78 bits per heavy atom. The van der Waals surface area contributed by atoms with E-state index in [-0.39, 0.29) is 11.8 Å². The highest BCUT2D eigenvalue weighted by Gasteiger charge is 2.35. The smallest absolute Gasteiger partial charge is 0.226 e. The molecule has 0 bridgehead atoms. The van der Waals surface area contributed by atoms with Gasteiger partial charge >= 0.3 is 0 Å². The van der Waals surface area contributed by atoms with Crippen LogP contribution < -0.4 is 5.32 Å². The second-order valence-corrected chi connectivity index (χ2v) is 6.58. The van der Waals surface area contributed by atoms with E-state index in [1.54, 1.807) is 10.9 Å². The molecule has 7 nitrogen and oxygen atoms in total. The number of fused-ring (bicyclic) bond motifs is 1.